The molecular weight excluding hydrogens is 901 g/mol. The molecule has 0 bridgehead atoms. The highest BCUT2D eigenvalue weighted by atomic mass is 16.6. The molecule has 1 atom stereocenters. The van der Waals surface area contributed by atoms with Crippen molar-refractivity contribution in [3.63, 3.8) is 0 Å². The van der Waals surface area contributed by atoms with Gasteiger partial charge in [-0.3, -0.25) is 14.4 Å². The molecule has 0 fully saturated rings. The topological polar surface area (TPSA) is 78.9 Å². The van der Waals surface area contributed by atoms with E-state index in [0.717, 1.165) is 103 Å². The number of esters is 3. The Bertz CT molecular complexity index is 1360. The van der Waals surface area contributed by atoms with Crippen LogP contribution in [-0.4, -0.2) is 37.2 Å². The number of allylic oxidation sites excluding steroid dienone is 12. The van der Waals surface area contributed by atoms with E-state index in [1.54, 1.807) is 0 Å². The number of ether oxygens (including phenoxy) is 3. The lowest BCUT2D eigenvalue weighted by atomic mass is 10.0. The van der Waals surface area contributed by atoms with Crippen molar-refractivity contribution in [3.05, 3.63) is 72.9 Å². The van der Waals surface area contributed by atoms with Gasteiger partial charge in [0, 0.05) is 19.3 Å². The van der Waals surface area contributed by atoms with Crippen LogP contribution in [0.1, 0.15) is 316 Å². The zero-order valence-electron chi connectivity index (χ0n) is 48.4. The molecule has 0 saturated carbocycles. The second kappa shape index (κ2) is 61.4. The minimum atomic E-state index is -0.787. The maximum absolute atomic E-state index is 12.9. The first kappa shape index (κ1) is 69.8. The Morgan fingerprint density at radius 3 is 0.836 bits per heavy atom. The van der Waals surface area contributed by atoms with Gasteiger partial charge < -0.3 is 14.2 Å². The molecule has 73 heavy (non-hydrogen) atoms. The molecule has 0 radical (unpaired) electrons. The second-order valence-corrected chi connectivity index (χ2v) is 20.9. The summed E-state index contributed by atoms with van der Waals surface area (Å²) in [4.78, 5) is 38.2. The van der Waals surface area contributed by atoms with Crippen molar-refractivity contribution in [3.8, 4) is 0 Å². The van der Waals surface area contributed by atoms with Crippen molar-refractivity contribution in [1.82, 2.24) is 0 Å². The standard InChI is InChI=1S/C67H118O6/c1-4-7-10-13-16-19-22-25-27-29-30-31-32-33-34-35-36-38-39-42-45-48-51-54-57-60-66(69)72-63-64(62-71-65(68)59-56-53-50-47-44-41-24-21-18-15-12-9-6-3)73-67(70)61-58-55-52-49-46-43-40-37-28-26-23-20-17-14-11-8-5-2/h8,11,17,20,22,25-26,28-30,40,43,64H,4-7,9-10,12-16,18-19,21,23-24,27,31-39,41-42,44-63H2,1-3H3/b11-8-,20-17-,25-22-,28-26-,30-29-,43-40-. The molecular formula is C67H118O6. The summed E-state index contributed by atoms with van der Waals surface area (Å²) >= 11 is 0. The highest BCUT2D eigenvalue weighted by Gasteiger charge is 2.19. The molecule has 6 heteroatoms. The Labute approximate surface area is 453 Å². The summed E-state index contributed by atoms with van der Waals surface area (Å²) in [6, 6.07) is 0. The molecule has 1 unspecified atom stereocenters. The summed E-state index contributed by atoms with van der Waals surface area (Å²) in [7, 11) is 0. The van der Waals surface area contributed by atoms with E-state index in [0.29, 0.717) is 19.3 Å². The third kappa shape index (κ3) is 59.6. The van der Waals surface area contributed by atoms with Crippen molar-refractivity contribution in [2.75, 3.05) is 13.2 Å². The van der Waals surface area contributed by atoms with Crippen molar-refractivity contribution in [1.29, 1.82) is 0 Å². The molecule has 0 aliphatic carbocycles. The van der Waals surface area contributed by atoms with Gasteiger partial charge in [0.05, 0.1) is 0 Å². The van der Waals surface area contributed by atoms with Gasteiger partial charge >= 0.3 is 17.9 Å². The molecule has 0 aliphatic heterocycles. The van der Waals surface area contributed by atoms with E-state index in [2.05, 4.69) is 93.7 Å². The molecule has 6 nitrogen and oxygen atoms in total. The molecule has 0 heterocycles. The second-order valence-electron chi connectivity index (χ2n) is 20.9. The van der Waals surface area contributed by atoms with Crippen LogP contribution in [0, 0.1) is 0 Å². The van der Waals surface area contributed by atoms with Gasteiger partial charge in [0.1, 0.15) is 13.2 Å². The van der Waals surface area contributed by atoms with E-state index in [1.807, 2.05) is 0 Å². The molecule has 0 rings (SSSR count). The fraction of sp³-hybridized carbons (Fsp3) is 0.776. The quantitative estimate of drug-likeness (QED) is 0.0261. The molecule has 0 spiro atoms. The van der Waals surface area contributed by atoms with Gasteiger partial charge in [-0.05, 0) is 89.9 Å². The van der Waals surface area contributed by atoms with E-state index >= 15 is 0 Å². The number of hydrogen-bond acceptors (Lipinski definition) is 6. The SMILES string of the molecule is CC/C=C\C/C=C\C/C=C\C/C=C\CCCCCCC(=O)OC(COC(=O)CCCCCCCCCCCCCCC)COC(=O)CCCCCCCCCCCCCCC/C=C\C/C=C\CCCCCCC. The fourth-order valence-electron chi connectivity index (χ4n) is 9.00. The lowest BCUT2D eigenvalue weighted by molar-refractivity contribution is -0.167. The number of carbonyl (C=O) groups excluding carboxylic acids is 3. The molecule has 0 aromatic heterocycles. The zero-order valence-corrected chi connectivity index (χ0v) is 48.4. The maximum atomic E-state index is 12.9. The van der Waals surface area contributed by atoms with E-state index in [1.165, 1.54) is 173 Å². The predicted molar refractivity (Wildman–Crippen MR) is 316 cm³/mol. The fourth-order valence-corrected chi connectivity index (χ4v) is 9.00. The van der Waals surface area contributed by atoms with Crippen LogP contribution in [0.25, 0.3) is 0 Å². The minimum absolute atomic E-state index is 0.0825. The van der Waals surface area contributed by atoms with Crippen LogP contribution in [0.5, 0.6) is 0 Å². The number of rotatable bonds is 57. The Morgan fingerprint density at radius 2 is 0.534 bits per heavy atom. The van der Waals surface area contributed by atoms with Crippen LogP contribution in [0.3, 0.4) is 0 Å². The number of hydrogen-bond donors (Lipinski definition) is 0. The lowest BCUT2D eigenvalue weighted by Gasteiger charge is -2.18. The first-order chi connectivity index (χ1) is 36.0. The van der Waals surface area contributed by atoms with Crippen molar-refractivity contribution in [2.24, 2.45) is 0 Å². The Kier molecular flexibility index (Phi) is 58.7. The third-order valence-corrected chi connectivity index (χ3v) is 13.7. The third-order valence-electron chi connectivity index (χ3n) is 13.7. The Hall–Kier alpha value is -3.15. The minimum Gasteiger partial charge on any atom is -0.462 e. The maximum Gasteiger partial charge on any atom is 0.306 e. The van der Waals surface area contributed by atoms with Gasteiger partial charge in [0.25, 0.3) is 0 Å². The van der Waals surface area contributed by atoms with Crippen molar-refractivity contribution in [2.45, 2.75) is 322 Å². The summed E-state index contributed by atoms with van der Waals surface area (Å²) < 4.78 is 16.9. The van der Waals surface area contributed by atoms with Crippen molar-refractivity contribution >= 4 is 17.9 Å². The normalized spacial score (nSPS) is 12.5. The van der Waals surface area contributed by atoms with E-state index in [-0.39, 0.29) is 31.1 Å². The van der Waals surface area contributed by atoms with E-state index in [9.17, 15) is 14.4 Å². The van der Waals surface area contributed by atoms with Gasteiger partial charge in [0.15, 0.2) is 6.10 Å². The lowest BCUT2D eigenvalue weighted by Crippen LogP contribution is -2.30. The largest absolute Gasteiger partial charge is 0.462 e. The smallest absolute Gasteiger partial charge is 0.306 e. The van der Waals surface area contributed by atoms with Crippen LogP contribution < -0.4 is 0 Å². The van der Waals surface area contributed by atoms with Gasteiger partial charge in [-0.15, -0.1) is 0 Å². The van der Waals surface area contributed by atoms with Gasteiger partial charge in [-0.2, -0.15) is 0 Å². The molecule has 0 aromatic carbocycles. The van der Waals surface area contributed by atoms with Crippen LogP contribution >= 0.6 is 0 Å². The summed E-state index contributed by atoms with van der Waals surface area (Å²) in [5, 5.41) is 0. The molecule has 422 valence electrons. The van der Waals surface area contributed by atoms with Gasteiger partial charge in [-0.25, -0.2) is 0 Å². The average molecular weight is 1020 g/mol. The van der Waals surface area contributed by atoms with Crippen molar-refractivity contribution < 1.29 is 28.6 Å². The molecule has 0 aliphatic rings. The van der Waals surface area contributed by atoms with Crippen LogP contribution in [-0.2, 0) is 28.6 Å². The number of unbranched alkanes of at least 4 members (excludes halogenated alkanes) is 34. The molecule has 0 aromatic rings. The summed E-state index contributed by atoms with van der Waals surface area (Å²) in [5.74, 6) is -0.893. The van der Waals surface area contributed by atoms with Crippen LogP contribution in [0.15, 0.2) is 72.9 Å². The monoisotopic (exact) mass is 1020 g/mol. The van der Waals surface area contributed by atoms with Crippen LogP contribution in [0.4, 0.5) is 0 Å². The predicted octanol–water partition coefficient (Wildman–Crippen LogP) is 21.3. The summed E-state index contributed by atoms with van der Waals surface area (Å²) in [6.45, 7) is 6.53. The highest BCUT2D eigenvalue weighted by Crippen LogP contribution is 2.16. The number of carbonyl (C=O) groups is 3. The Balaban J connectivity index is 4.30. The van der Waals surface area contributed by atoms with E-state index < -0.39 is 6.10 Å². The molecule has 0 amide bonds. The Morgan fingerprint density at radius 1 is 0.288 bits per heavy atom. The van der Waals surface area contributed by atoms with Gasteiger partial charge in [-0.1, -0.05) is 280 Å². The van der Waals surface area contributed by atoms with E-state index in [4.69, 9.17) is 14.2 Å². The van der Waals surface area contributed by atoms with Crippen LogP contribution in [0.2, 0.25) is 0 Å². The zero-order chi connectivity index (χ0) is 52.9. The highest BCUT2D eigenvalue weighted by molar-refractivity contribution is 5.71. The summed E-state index contributed by atoms with van der Waals surface area (Å²) in [6.07, 6.45) is 79.1. The molecule has 0 N–H and O–H groups in total. The first-order valence-electron chi connectivity index (χ1n) is 31.4. The molecule has 0 saturated heterocycles. The summed E-state index contributed by atoms with van der Waals surface area (Å²) in [5.41, 5.74) is 0. The first-order valence-corrected chi connectivity index (χ1v) is 31.4. The average Bonchev–Trinajstić information content (AvgIpc) is 3.39. The van der Waals surface area contributed by atoms with Gasteiger partial charge in [0.2, 0.25) is 0 Å².